The largest absolute Gasteiger partial charge is 2.00 e. The zero-order chi connectivity index (χ0) is 24.5. The number of hydrogen-bond donors (Lipinski definition) is 0. The van der Waals surface area contributed by atoms with E-state index in [0.717, 1.165) is 6.07 Å². The molecule has 1 aromatic carbocycles. The molecule has 0 N–H and O–H groups in total. The molecule has 1 atom stereocenters. The van der Waals surface area contributed by atoms with Crippen LogP contribution in [0.1, 0.15) is 64.0 Å². The molecular formula is C23H30F4N3OPU. The second kappa shape index (κ2) is 14.9. The summed E-state index contributed by atoms with van der Waals surface area (Å²) in [5.74, 6) is 0.568. The Morgan fingerprint density at radius 1 is 1.09 bits per heavy atom. The van der Waals surface area contributed by atoms with E-state index in [2.05, 4.69) is 30.7 Å². The van der Waals surface area contributed by atoms with Crippen molar-refractivity contribution in [1.82, 2.24) is 14.5 Å². The molecule has 0 spiro atoms. The number of rotatable bonds is 5. The van der Waals surface area contributed by atoms with Gasteiger partial charge in [0.05, 0.1) is 0 Å². The Morgan fingerprint density at radius 2 is 1.70 bits per heavy atom. The van der Waals surface area contributed by atoms with Gasteiger partial charge in [-0.1, -0.05) is 59.1 Å². The van der Waals surface area contributed by atoms with Crippen molar-refractivity contribution in [3.05, 3.63) is 60.4 Å². The van der Waals surface area contributed by atoms with Gasteiger partial charge in [0.1, 0.15) is 17.0 Å². The first-order valence-corrected chi connectivity index (χ1v) is 11.0. The molecule has 4 nitrogen and oxygen atoms in total. The van der Waals surface area contributed by atoms with Crippen molar-refractivity contribution in [3.8, 4) is 11.4 Å². The maximum absolute atomic E-state index is 13.0. The minimum atomic E-state index is -4.57. The molecular weight excluding hydrogens is 679 g/mol. The minimum absolute atomic E-state index is 0. The molecule has 1 unspecified atom stereocenters. The van der Waals surface area contributed by atoms with E-state index in [0.29, 0.717) is 22.6 Å². The van der Waals surface area contributed by atoms with Crippen LogP contribution in [-0.2, 0) is 6.18 Å². The van der Waals surface area contributed by atoms with Gasteiger partial charge in [-0.05, 0) is 24.8 Å². The van der Waals surface area contributed by atoms with Gasteiger partial charge in [0.15, 0.2) is 5.65 Å². The number of ether oxygens (including phenoxy) is 1. The smallest absolute Gasteiger partial charge is 0.682 e. The first-order valence-electron chi connectivity index (χ1n) is 10.4. The summed E-state index contributed by atoms with van der Waals surface area (Å²) in [4.78, 5) is 7.91. The third-order valence-corrected chi connectivity index (χ3v) is 4.30. The van der Waals surface area contributed by atoms with Gasteiger partial charge < -0.3 is 9.13 Å². The van der Waals surface area contributed by atoms with E-state index in [1.807, 2.05) is 13.8 Å². The standard InChI is InChI=1S/C16H12F4N3OP.C5H12.C2H6.U/c1-8-3-4-10(7-12(8)24-15(17)25)23-9(2)21-11-5-6-13(16(18,19)20)22-14(11)23;1-3-5-4-2;1-2;/h3-7H,1,25H2,2H3;3-5H2,1-2H3;1-2H3;/q-2;;;+2. The number of benzene rings is 1. The number of hydrogen-bond acceptors (Lipinski definition) is 3. The van der Waals surface area contributed by atoms with Crippen molar-refractivity contribution in [3.63, 3.8) is 0 Å². The molecule has 3 aromatic rings. The molecule has 2 heterocycles. The Bertz CT molecular complexity index is 992. The van der Waals surface area contributed by atoms with Gasteiger partial charge in [0.25, 0.3) is 0 Å². The average molecular weight is 710 g/mol. The number of fused-ring (bicyclic) bond motifs is 1. The fourth-order valence-corrected chi connectivity index (χ4v) is 2.90. The van der Waals surface area contributed by atoms with Crippen LogP contribution in [0.15, 0.2) is 30.3 Å². The minimum Gasteiger partial charge on any atom is -0.682 e. The predicted molar refractivity (Wildman–Crippen MR) is 124 cm³/mol. The molecule has 0 aliphatic carbocycles. The maximum atomic E-state index is 13.0. The van der Waals surface area contributed by atoms with Crippen LogP contribution in [0.4, 0.5) is 17.6 Å². The third kappa shape index (κ3) is 9.11. The van der Waals surface area contributed by atoms with Gasteiger partial charge >= 0.3 is 37.3 Å². The normalized spacial score (nSPS) is 10.6. The predicted octanol–water partition coefficient (Wildman–Crippen LogP) is 7.82. The molecule has 2 aromatic heterocycles. The molecule has 180 valence electrons. The summed E-state index contributed by atoms with van der Waals surface area (Å²) < 4.78 is 58.3. The van der Waals surface area contributed by atoms with Crippen molar-refractivity contribution in [2.24, 2.45) is 0 Å². The Hall–Kier alpha value is -1.29. The van der Waals surface area contributed by atoms with Crippen LogP contribution < -0.4 is 4.74 Å². The topological polar surface area (TPSA) is 39.9 Å². The van der Waals surface area contributed by atoms with Crippen LogP contribution in [-0.4, -0.2) is 14.5 Å². The summed E-state index contributed by atoms with van der Waals surface area (Å²) in [6.45, 7) is 13.8. The number of aryl methyl sites for hydroxylation is 1. The Morgan fingerprint density at radius 3 is 2.18 bits per heavy atom. The number of alkyl halides is 3. The molecule has 0 fully saturated rings. The van der Waals surface area contributed by atoms with Crippen molar-refractivity contribution >= 4 is 20.4 Å². The first kappa shape index (κ1) is 31.7. The fourth-order valence-electron chi connectivity index (χ4n) is 2.77. The summed E-state index contributed by atoms with van der Waals surface area (Å²) in [5, 5.41) is 0. The molecule has 0 saturated heterocycles. The van der Waals surface area contributed by atoms with Gasteiger partial charge in [0, 0.05) is 11.8 Å². The van der Waals surface area contributed by atoms with Crippen LogP contribution in [0.2, 0.25) is 0 Å². The van der Waals surface area contributed by atoms with E-state index in [-0.39, 0.29) is 42.5 Å². The SMILES string of the molecule is CC.CCCCC.[CH2-]c1ccc(-n2c(C)nc3ccc(C(F)(F)F)nc32)cc1O[C-](F)P.[U+2]. The molecule has 0 radical (unpaired) electrons. The van der Waals surface area contributed by atoms with E-state index >= 15 is 0 Å². The second-order valence-electron chi connectivity index (χ2n) is 6.58. The fraction of sp³-hybridized carbons (Fsp3) is 0.391. The summed E-state index contributed by atoms with van der Waals surface area (Å²) in [7, 11) is 1.77. The van der Waals surface area contributed by atoms with Gasteiger partial charge in [-0.2, -0.15) is 31.7 Å². The number of unbranched alkanes of at least 4 members (excludes halogenated alkanes) is 2. The monoisotopic (exact) mass is 709 g/mol. The maximum Gasteiger partial charge on any atom is 2.00 e. The number of imidazole rings is 1. The molecule has 0 bridgehead atoms. The summed E-state index contributed by atoms with van der Waals surface area (Å²) in [5.41, 5.74) is 0.199. The summed E-state index contributed by atoms with van der Waals surface area (Å²) in [6, 6.07) is 6.79. The van der Waals surface area contributed by atoms with E-state index in [1.165, 1.54) is 36.0 Å². The zero-order valence-electron chi connectivity index (χ0n) is 19.6. The number of pyridine rings is 1. The van der Waals surface area contributed by atoms with Gasteiger partial charge in [-0.15, -0.1) is 0 Å². The molecule has 0 aliphatic heterocycles. The van der Waals surface area contributed by atoms with Crippen molar-refractivity contribution in [2.45, 2.75) is 60.1 Å². The van der Waals surface area contributed by atoms with Crippen LogP contribution in [0, 0.1) is 51.1 Å². The van der Waals surface area contributed by atoms with Gasteiger partial charge in [-0.3, -0.25) is 4.57 Å². The van der Waals surface area contributed by atoms with E-state index in [9.17, 15) is 17.6 Å². The Labute approximate surface area is 219 Å². The van der Waals surface area contributed by atoms with E-state index < -0.39 is 18.0 Å². The van der Waals surface area contributed by atoms with Crippen LogP contribution in [0.3, 0.4) is 0 Å². The molecule has 0 aliphatic rings. The van der Waals surface area contributed by atoms with E-state index in [1.54, 1.807) is 28.3 Å². The second-order valence-corrected chi connectivity index (χ2v) is 7.04. The third-order valence-electron chi connectivity index (χ3n) is 4.19. The zero-order valence-corrected chi connectivity index (χ0v) is 24.9. The summed E-state index contributed by atoms with van der Waals surface area (Å²) >= 11 is 0. The van der Waals surface area contributed by atoms with Gasteiger partial charge in [-0.25, -0.2) is 19.2 Å². The molecule has 0 amide bonds. The van der Waals surface area contributed by atoms with Crippen molar-refractivity contribution in [1.29, 1.82) is 0 Å². The van der Waals surface area contributed by atoms with Gasteiger partial charge in [0.2, 0.25) is 0 Å². The molecule has 10 heteroatoms. The van der Waals surface area contributed by atoms with E-state index in [4.69, 9.17) is 4.74 Å². The van der Waals surface area contributed by atoms with Crippen molar-refractivity contribution < 1.29 is 53.4 Å². The Kier molecular flexibility index (Phi) is 14.3. The van der Waals surface area contributed by atoms with Crippen LogP contribution >= 0.6 is 9.24 Å². The number of nitrogens with zero attached hydrogens (tertiary/aromatic N) is 3. The molecule has 33 heavy (non-hydrogen) atoms. The number of aromatic nitrogens is 3. The quantitative estimate of drug-likeness (QED) is 0.154. The van der Waals surface area contributed by atoms with Crippen LogP contribution in [0.25, 0.3) is 16.9 Å². The van der Waals surface area contributed by atoms with Crippen molar-refractivity contribution in [2.75, 3.05) is 0 Å². The van der Waals surface area contributed by atoms with Crippen LogP contribution in [0.5, 0.6) is 5.75 Å². The summed E-state index contributed by atoms with van der Waals surface area (Å²) in [6.07, 6.45) is -1.35. The first-order chi connectivity index (χ1) is 15.1. The number of halogens is 4. The average Bonchev–Trinajstić information content (AvgIpc) is 3.06. The Balaban J connectivity index is 0.00000114. The molecule has 0 saturated carbocycles. The molecule has 3 rings (SSSR count).